The van der Waals surface area contributed by atoms with Crippen LogP contribution in [0.3, 0.4) is 0 Å². The summed E-state index contributed by atoms with van der Waals surface area (Å²) < 4.78 is 53.2. The van der Waals surface area contributed by atoms with E-state index >= 15 is 0 Å². The molecule has 2 aromatic rings. The van der Waals surface area contributed by atoms with Crippen LogP contribution < -0.4 is 9.62 Å². The maximum Gasteiger partial charge on any atom is 0.244 e. The van der Waals surface area contributed by atoms with Gasteiger partial charge in [0.2, 0.25) is 21.8 Å². The van der Waals surface area contributed by atoms with Crippen LogP contribution in [0.15, 0.2) is 46.9 Å². The lowest BCUT2D eigenvalue weighted by Crippen LogP contribution is -2.51. The Morgan fingerprint density at radius 3 is 2.38 bits per heavy atom. The number of sulfonamides is 1. The van der Waals surface area contributed by atoms with Gasteiger partial charge in [-0.15, -0.1) is 0 Å². The third-order valence-electron chi connectivity index (χ3n) is 4.63. The molecular formula is C21H24BrF2N3O4S. The molecule has 0 aliphatic carbocycles. The van der Waals surface area contributed by atoms with Crippen molar-refractivity contribution in [2.24, 2.45) is 0 Å². The molecule has 2 rings (SSSR count). The lowest BCUT2D eigenvalue weighted by atomic mass is 10.1. The molecule has 1 atom stereocenters. The van der Waals surface area contributed by atoms with Crippen molar-refractivity contribution in [3.05, 3.63) is 64.1 Å². The molecule has 2 amide bonds. The van der Waals surface area contributed by atoms with Crippen molar-refractivity contribution in [2.75, 3.05) is 23.7 Å². The maximum atomic E-state index is 13.7. The van der Waals surface area contributed by atoms with E-state index in [2.05, 4.69) is 21.2 Å². The van der Waals surface area contributed by atoms with Gasteiger partial charge in [0.05, 0.1) is 11.9 Å². The van der Waals surface area contributed by atoms with Crippen LogP contribution in [0.25, 0.3) is 0 Å². The number of hydrogen-bond donors (Lipinski definition) is 1. The molecule has 2 aromatic carbocycles. The van der Waals surface area contributed by atoms with Crippen LogP contribution in [-0.2, 0) is 26.2 Å². The van der Waals surface area contributed by atoms with Crippen molar-refractivity contribution in [3.63, 3.8) is 0 Å². The molecule has 0 fully saturated rings. The molecule has 174 valence electrons. The van der Waals surface area contributed by atoms with Crippen LogP contribution in [0.2, 0.25) is 0 Å². The zero-order valence-corrected chi connectivity index (χ0v) is 20.2. The van der Waals surface area contributed by atoms with Gasteiger partial charge < -0.3 is 10.2 Å². The summed E-state index contributed by atoms with van der Waals surface area (Å²) in [5.41, 5.74) is 0.510. The lowest BCUT2D eigenvalue weighted by molar-refractivity contribution is -0.139. The predicted octanol–water partition coefficient (Wildman–Crippen LogP) is 3.05. The second-order valence-corrected chi connectivity index (χ2v) is 9.91. The number of rotatable bonds is 9. The minimum Gasteiger partial charge on any atom is -0.355 e. The SMILES string of the molecule is CCNC(=O)[C@@H](C)N(Cc1cccc(Br)c1)C(=O)CN(c1ccc(F)c(F)c1)S(C)(=O)=O. The normalized spacial score (nSPS) is 12.2. The van der Waals surface area contributed by atoms with Gasteiger partial charge in [0.15, 0.2) is 11.6 Å². The first-order valence-electron chi connectivity index (χ1n) is 9.68. The summed E-state index contributed by atoms with van der Waals surface area (Å²) in [4.78, 5) is 26.9. The van der Waals surface area contributed by atoms with Gasteiger partial charge in [-0.2, -0.15) is 0 Å². The molecule has 0 bridgehead atoms. The summed E-state index contributed by atoms with van der Waals surface area (Å²) in [5.74, 6) is -3.48. The predicted molar refractivity (Wildman–Crippen MR) is 121 cm³/mol. The first-order valence-corrected chi connectivity index (χ1v) is 12.3. The molecule has 0 spiro atoms. The number of benzene rings is 2. The van der Waals surface area contributed by atoms with E-state index in [4.69, 9.17) is 0 Å². The molecule has 0 saturated heterocycles. The molecule has 0 unspecified atom stereocenters. The van der Waals surface area contributed by atoms with E-state index in [0.717, 1.165) is 22.9 Å². The highest BCUT2D eigenvalue weighted by molar-refractivity contribution is 9.10. The highest BCUT2D eigenvalue weighted by Gasteiger charge is 2.30. The summed E-state index contributed by atoms with van der Waals surface area (Å²) >= 11 is 3.35. The van der Waals surface area contributed by atoms with Gasteiger partial charge >= 0.3 is 0 Å². The Kier molecular flexibility index (Phi) is 8.73. The monoisotopic (exact) mass is 531 g/mol. The Morgan fingerprint density at radius 1 is 1.12 bits per heavy atom. The zero-order chi connectivity index (χ0) is 24.1. The van der Waals surface area contributed by atoms with Gasteiger partial charge in [-0.1, -0.05) is 28.1 Å². The summed E-state index contributed by atoms with van der Waals surface area (Å²) in [7, 11) is -4.02. The molecule has 0 heterocycles. The first-order chi connectivity index (χ1) is 14.9. The van der Waals surface area contributed by atoms with E-state index in [1.807, 2.05) is 0 Å². The van der Waals surface area contributed by atoms with E-state index in [9.17, 15) is 26.8 Å². The first kappa shape index (κ1) is 25.7. The zero-order valence-electron chi connectivity index (χ0n) is 17.8. The quantitative estimate of drug-likeness (QED) is 0.538. The Hall–Kier alpha value is -2.53. The molecule has 1 N–H and O–H groups in total. The topological polar surface area (TPSA) is 86.8 Å². The van der Waals surface area contributed by atoms with Crippen LogP contribution in [0.5, 0.6) is 0 Å². The number of halogens is 3. The number of anilines is 1. The number of nitrogens with one attached hydrogen (secondary N) is 1. The van der Waals surface area contributed by atoms with E-state index in [0.29, 0.717) is 22.5 Å². The van der Waals surface area contributed by atoms with Crippen LogP contribution in [-0.4, -0.2) is 50.5 Å². The van der Waals surface area contributed by atoms with Crippen LogP contribution in [0, 0.1) is 11.6 Å². The number of hydrogen-bond acceptors (Lipinski definition) is 4. The third kappa shape index (κ3) is 6.73. The molecule has 11 heteroatoms. The second kappa shape index (κ2) is 10.9. The largest absolute Gasteiger partial charge is 0.355 e. The highest BCUT2D eigenvalue weighted by atomic mass is 79.9. The number of likely N-dealkylation sites (N-methyl/N-ethyl adjacent to an activating group) is 1. The van der Waals surface area contributed by atoms with Crippen molar-refractivity contribution in [1.29, 1.82) is 0 Å². The van der Waals surface area contributed by atoms with Gasteiger partial charge in [-0.3, -0.25) is 13.9 Å². The van der Waals surface area contributed by atoms with Crippen molar-refractivity contribution in [2.45, 2.75) is 26.4 Å². The Labute approximate surface area is 194 Å². The van der Waals surface area contributed by atoms with E-state index < -0.39 is 46.1 Å². The van der Waals surface area contributed by atoms with Gasteiger partial charge in [-0.25, -0.2) is 17.2 Å². The van der Waals surface area contributed by atoms with Crippen LogP contribution in [0.4, 0.5) is 14.5 Å². The fourth-order valence-corrected chi connectivity index (χ4v) is 4.28. The Morgan fingerprint density at radius 2 is 1.81 bits per heavy atom. The molecule has 0 radical (unpaired) electrons. The summed E-state index contributed by atoms with van der Waals surface area (Å²) in [6, 6.07) is 8.75. The highest BCUT2D eigenvalue weighted by Crippen LogP contribution is 2.22. The number of carbonyl (C=O) groups excluding carboxylic acids is 2. The molecule has 0 aromatic heterocycles. The van der Waals surface area contributed by atoms with Crippen molar-refractivity contribution in [1.82, 2.24) is 10.2 Å². The summed E-state index contributed by atoms with van der Waals surface area (Å²) in [5, 5.41) is 2.64. The maximum absolute atomic E-state index is 13.7. The van der Waals surface area contributed by atoms with Crippen molar-refractivity contribution >= 4 is 43.5 Å². The molecule has 0 saturated carbocycles. The minimum atomic E-state index is -4.02. The van der Waals surface area contributed by atoms with Crippen molar-refractivity contribution in [3.8, 4) is 0 Å². The molecule has 0 aliphatic heterocycles. The fourth-order valence-electron chi connectivity index (χ4n) is 2.99. The minimum absolute atomic E-state index is 0.0337. The smallest absolute Gasteiger partial charge is 0.244 e. The summed E-state index contributed by atoms with van der Waals surface area (Å²) in [6.07, 6.45) is 0.855. The summed E-state index contributed by atoms with van der Waals surface area (Å²) in [6.45, 7) is 2.96. The standard InChI is InChI=1S/C21H24BrF2N3O4S/c1-4-25-21(29)14(2)26(12-15-6-5-7-16(22)10-15)20(28)13-27(32(3,30)31)17-8-9-18(23)19(24)11-17/h5-11,14H,4,12-13H2,1-3H3,(H,25,29)/t14-/m1/s1. The van der Waals surface area contributed by atoms with Gasteiger partial charge in [0.25, 0.3) is 0 Å². The van der Waals surface area contributed by atoms with Crippen LogP contribution in [0.1, 0.15) is 19.4 Å². The van der Waals surface area contributed by atoms with Gasteiger partial charge in [-0.05, 0) is 43.7 Å². The van der Waals surface area contributed by atoms with Gasteiger partial charge in [0, 0.05) is 23.6 Å². The fraction of sp³-hybridized carbons (Fsp3) is 0.333. The number of carbonyl (C=O) groups is 2. The molecular weight excluding hydrogens is 508 g/mol. The molecule has 7 nitrogen and oxygen atoms in total. The van der Waals surface area contributed by atoms with E-state index in [1.54, 1.807) is 31.2 Å². The average molecular weight is 532 g/mol. The van der Waals surface area contributed by atoms with Crippen LogP contribution >= 0.6 is 15.9 Å². The Balaban J connectivity index is 2.40. The van der Waals surface area contributed by atoms with Crippen molar-refractivity contribution < 1.29 is 26.8 Å². The number of amides is 2. The average Bonchev–Trinajstić information content (AvgIpc) is 2.71. The number of nitrogens with zero attached hydrogens (tertiary/aromatic N) is 2. The molecule has 32 heavy (non-hydrogen) atoms. The third-order valence-corrected chi connectivity index (χ3v) is 6.26. The van der Waals surface area contributed by atoms with E-state index in [-0.39, 0.29) is 12.2 Å². The second-order valence-electron chi connectivity index (χ2n) is 7.09. The lowest BCUT2D eigenvalue weighted by Gasteiger charge is -2.31. The Bertz CT molecular complexity index is 1100. The molecule has 0 aliphatic rings. The van der Waals surface area contributed by atoms with E-state index in [1.165, 1.54) is 11.8 Å². The van der Waals surface area contributed by atoms with Gasteiger partial charge in [0.1, 0.15) is 12.6 Å².